The predicted molar refractivity (Wildman–Crippen MR) is 99.0 cm³/mol. The smallest absolute Gasteiger partial charge is 0.159 e. The monoisotopic (exact) mass is 345 g/mol. The van der Waals surface area contributed by atoms with E-state index in [9.17, 15) is 0 Å². The van der Waals surface area contributed by atoms with E-state index in [0.717, 1.165) is 52.3 Å². The number of aromatic nitrogens is 6. The van der Waals surface area contributed by atoms with Gasteiger partial charge in [0.05, 0.1) is 36.2 Å². The van der Waals surface area contributed by atoms with Gasteiger partial charge in [-0.3, -0.25) is 4.68 Å². The van der Waals surface area contributed by atoms with Crippen molar-refractivity contribution in [1.29, 1.82) is 0 Å². The fourth-order valence-corrected chi connectivity index (χ4v) is 3.82. The Morgan fingerprint density at radius 3 is 2.81 bits per heavy atom. The third-order valence-corrected chi connectivity index (χ3v) is 5.11. The molecule has 0 radical (unpaired) electrons. The summed E-state index contributed by atoms with van der Waals surface area (Å²) in [7, 11) is 1.94. The second-order valence-electron chi connectivity index (χ2n) is 6.80. The van der Waals surface area contributed by atoms with E-state index < -0.39 is 0 Å². The average molecular weight is 345 g/mol. The number of anilines is 1. The number of benzene rings is 1. The first-order valence-corrected chi connectivity index (χ1v) is 8.68. The molecule has 7 nitrogen and oxygen atoms in total. The first-order valence-electron chi connectivity index (χ1n) is 8.68. The van der Waals surface area contributed by atoms with Crippen LogP contribution in [-0.4, -0.2) is 36.5 Å². The lowest BCUT2D eigenvalue weighted by molar-refractivity contribution is 0.637. The van der Waals surface area contributed by atoms with Crippen molar-refractivity contribution in [3.63, 3.8) is 0 Å². The molecular weight excluding hydrogens is 326 g/mol. The fourth-order valence-electron chi connectivity index (χ4n) is 3.82. The number of hydrogen-bond donors (Lipinski definition) is 1. The van der Waals surface area contributed by atoms with Gasteiger partial charge in [-0.25, -0.2) is 4.98 Å². The fraction of sp³-hybridized carbons (Fsp3) is 0.263. The molecular formula is C19H19N7. The van der Waals surface area contributed by atoms with Crippen LogP contribution in [0.15, 0.2) is 43.0 Å². The molecule has 0 saturated carbocycles. The molecule has 1 aliphatic heterocycles. The number of nitrogens with zero attached hydrogens (tertiary/aromatic N) is 6. The van der Waals surface area contributed by atoms with Gasteiger partial charge in [0.2, 0.25) is 0 Å². The van der Waals surface area contributed by atoms with Crippen molar-refractivity contribution in [1.82, 2.24) is 29.9 Å². The number of aryl methyl sites for hydroxylation is 2. The van der Waals surface area contributed by atoms with Crippen LogP contribution < -0.4 is 4.90 Å². The lowest BCUT2D eigenvalue weighted by Crippen LogP contribution is -2.35. The summed E-state index contributed by atoms with van der Waals surface area (Å²) >= 11 is 0. The summed E-state index contributed by atoms with van der Waals surface area (Å²) in [5, 5.41) is 15.6. The number of rotatable bonds is 2. The van der Waals surface area contributed by atoms with Crippen molar-refractivity contribution in [3.8, 4) is 0 Å². The molecule has 130 valence electrons. The van der Waals surface area contributed by atoms with E-state index in [-0.39, 0.29) is 5.92 Å². The van der Waals surface area contributed by atoms with Crippen molar-refractivity contribution >= 4 is 16.6 Å². The lowest BCUT2D eigenvalue weighted by Gasteiger charge is -2.32. The molecule has 26 heavy (non-hydrogen) atoms. The predicted octanol–water partition coefficient (Wildman–Crippen LogP) is 2.55. The minimum absolute atomic E-state index is 0.153. The van der Waals surface area contributed by atoms with Gasteiger partial charge in [-0.1, -0.05) is 24.3 Å². The van der Waals surface area contributed by atoms with Crippen LogP contribution in [0.25, 0.3) is 10.8 Å². The van der Waals surface area contributed by atoms with Gasteiger partial charge in [-0.15, -0.1) is 5.10 Å². The van der Waals surface area contributed by atoms with Crippen LogP contribution in [0.5, 0.6) is 0 Å². The van der Waals surface area contributed by atoms with E-state index in [4.69, 9.17) is 0 Å². The Labute approximate surface area is 150 Å². The van der Waals surface area contributed by atoms with Crippen LogP contribution in [0.4, 0.5) is 5.82 Å². The van der Waals surface area contributed by atoms with Gasteiger partial charge in [0.25, 0.3) is 0 Å². The minimum atomic E-state index is 0.153. The summed E-state index contributed by atoms with van der Waals surface area (Å²) in [5.74, 6) is 1.07. The van der Waals surface area contributed by atoms with Crippen LogP contribution in [-0.2, 0) is 13.6 Å². The van der Waals surface area contributed by atoms with Gasteiger partial charge in [0, 0.05) is 42.0 Å². The highest BCUT2D eigenvalue weighted by atomic mass is 15.3. The van der Waals surface area contributed by atoms with Crippen LogP contribution in [0.3, 0.4) is 0 Å². The van der Waals surface area contributed by atoms with Gasteiger partial charge in [-0.05, 0) is 6.92 Å². The molecule has 0 saturated heterocycles. The third-order valence-electron chi connectivity index (χ3n) is 5.11. The largest absolute Gasteiger partial charge is 0.348 e. The molecule has 3 aromatic heterocycles. The van der Waals surface area contributed by atoms with E-state index in [1.807, 2.05) is 30.9 Å². The lowest BCUT2D eigenvalue weighted by atomic mass is 9.93. The maximum atomic E-state index is 4.57. The molecule has 7 heteroatoms. The molecule has 0 fully saturated rings. The van der Waals surface area contributed by atoms with Crippen LogP contribution >= 0.6 is 0 Å². The summed E-state index contributed by atoms with van der Waals surface area (Å²) in [6.07, 6.45) is 5.76. The zero-order valence-electron chi connectivity index (χ0n) is 14.7. The van der Waals surface area contributed by atoms with E-state index in [1.54, 1.807) is 6.33 Å². The molecule has 1 aliphatic rings. The number of aromatic amines is 1. The molecule has 0 spiro atoms. The summed E-state index contributed by atoms with van der Waals surface area (Å²) in [4.78, 5) is 10.2. The van der Waals surface area contributed by atoms with Crippen LogP contribution in [0.2, 0.25) is 0 Å². The number of hydrogen-bond acceptors (Lipinski definition) is 5. The first kappa shape index (κ1) is 15.1. The summed E-state index contributed by atoms with van der Waals surface area (Å²) in [5.41, 5.74) is 4.33. The number of nitrogens with one attached hydrogen (secondary N) is 1. The third kappa shape index (κ3) is 2.28. The summed E-state index contributed by atoms with van der Waals surface area (Å²) in [6, 6.07) is 8.32. The van der Waals surface area contributed by atoms with Crippen molar-refractivity contribution < 1.29 is 0 Å². The normalized spacial score (nSPS) is 16.8. The summed E-state index contributed by atoms with van der Waals surface area (Å²) in [6.45, 7) is 3.54. The number of imidazole rings is 1. The maximum Gasteiger partial charge on any atom is 0.159 e. The standard InChI is InChI=1S/C19H19N7/c1-12-14-5-3-4-6-15(14)19(24-23-12)26-9-16(13-7-22-25(2)8-13)18-17(10-26)20-11-21-18/h3-8,11,16H,9-10H2,1-2H3,(H,20,21). The molecule has 4 aromatic rings. The molecule has 1 atom stereocenters. The van der Waals surface area contributed by atoms with Gasteiger partial charge in [0.15, 0.2) is 5.82 Å². The highest BCUT2D eigenvalue weighted by Gasteiger charge is 2.31. The zero-order valence-corrected chi connectivity index (χ0v) is 14.7. The van der Waals surface area contributed by atoms with E-state index in [2.05, 4.69) is 54.6 Å². The van der Waals surface area contributed by atoms with Gasteiger partial charge in [0.1, 0.15) is 0 Å². The van der Waals surface area contributed by atoms with Gasteiger partial charge < -0.3 is 9.88 Å². The Bertz CT molecular complexity index is 1090. The quantitative estimate of drug-likeness (QED) is 0.604. The molecule has 1 aromatic carbocycles. The second kappa shape index (κ2) is 5.66. The molecule has 5 rings (SSSR count). The number of H-pyrrole nitrogens is 1. The van der Waals surface area contributed by atoms with Crippen molar-refractivity contribution in [3.05, 3.63) is 65.6 Å². The molecule has 0 amide bonds. The van der Waals surface area contributed by atoms with Crippen molar-refractivity contribution in [2.75, 3.05) is 11.4 Å². The Balaban J connectivity index is 1.63. The molecule has 4 heterocycles. The highest BCUT2D eigenvalue weighted by molar-refractivity contribution is 5.93. The molecule has 0 aliphatic carbocycles. The van der Waals surface area contributed by atoms with Crippen LogP contribution in [0, 0.1) is 6.92 Å². The van der Waals surface area contributed by atoms with Crippen LogP contribution in [0.1, 0.15) is 28.6 Å². The Morgan fingerprint density at radius 1 is 1.15 bits per heavy atom. The SMILES string of the molecule is Cc1nnc(N2Cc3[nH]cnc3C(c3cnn(C)c3)C2)c2ccccc12. The number of fused-ring (bicyclic) bond motifs is 2. The highest BCUT2D eigenvalue weighted by Crippen LogP contribution is 2.35. The van der Waals surface area contributed by atoms with E-state index in [0.29, 0.717) is 0 Å². The van der Waals surface area contributed by atoms with Gasteiger partial charge in [-0.2, -0.15) is 10.2 Å². The van der Waals surface area contributed by atoms with Crippen molar-refractivity contribution in [2.24, 2.45) is 7.05 Å². The molecule has 0 bridgehead atoms. The molecule has 1 unspecified atom stereocenters. The second-order valence-corrected chi connectivity index (χ2v) is 6.80. The topological polar surface area (TPSA) is 75.5 Å². The Kier molecular flexibility index (Phi) is 3.28. The van der Waals surface area contributed by atoms with E-state index >= 15 is 0 Å². The average Bonchev–Trinajstić information content (AvgIpc) is 3.30. The molecule has 1 N–H and O–H groups in total. The maximum absolute atomic E-state index is 4.57. The van der Waals surface area contributed by atoms with Crippen molar-refractivity contribution in [2.45, 2.75) is 19.4 Å². The Hall–Kier alpha value is -3.22. The van der Waals surface area contributed by atoms with E-state index in [1.165, 1.54) is 0 Å². The minimum Gasteiger partial charge on any atom is -0.348 e. The zero-order chi connectivity index (χ0) is 17.7. The Morgan fingerprint density at radius 2 is 2.00 bits per heavy atom. The first-order chi connectivity index (χ1) is 12.7. The van der Waals surface area contributed by atoms with Gasteiger partial charge >= 0.3 is 0 Å². The summed E-state index contributed by atoms with van der Waals surface area (Å²) < 4.78 is 1.84.